The summed E-state index contributed by atoms with van der Waals surface area (Å²) < 4.78 is 0. The van der Waals surface area contributed by atoms with Crippen molar-refractivity contribution in [3.63, 3.8) is 0 Å². The van der Waals surface area contributed by atoms with E-state index in [2.05, 4.69) is 0 Å². The van der Waals surface area contributed by atoms with E-state index in [0.29, 0.717) is 0 Å². The quantitative estimate of drug-likeness (QED) is 0.325. The predicted octanol–water partition coefficient (Wildman–Crippen LogP) is -1.64. The molecule has 0 bridgehead atoms. The molecule has 0 rings (SSSR count). The van der Waals surface area contributed by atoms with Gasteiger partial charge in [-0.25, -0.2) is 0 Å². The largest absolute Gasteiger partial charge is 2.00 e. The van der Waals surface area contributed by atoms with Gasteiger partial charge in [0.15, 0.2) is 0 Å². The van der Waals surface area contributed by atoms with Gasteiger partial charge < -0.3 is 5.48 Å². The maximum Gasteiger partial charge on any atom is 2.00 e. The molecule has 23 valence electrons. The van der Waals surface area contributed by atoms with Crippen molar-refractivity contribution in [2.75, 3.05) is 0 Å². The van der Waals surface area contributed by atoms with E-state index < -0.39 is 0 Å². The molecule has 0 N–H and O–H groups in total. The van der Waals surface area contributed by atoms with Crippen molar-refractivity contribution in [3.05, 3.63) is 0 Å². The Labute approximate surface area is 111 Å². The van der Waals surface area contributed by atoms with Crippen molar-refractivity contribution in [2.24, 2.45) is 0 Å². The number of hydrogen-bond donors (Lipinski definition) is 0. The van der Waals surface area contributed by atoms with Gasteiger partial charge in [-0.05, 0) is 0 Å². The molecule has 6 heteroatoms. The SMILES string of the molecule is [Ga].[Ge].[O-2].[Pb+2].[Sn].[Zn]. The van der Waals surface area contributed by atoms with E-state index in [4.69, 9.17) is 0 Å². The minimum absolute atomic E-state index is 0. The van der Waals surface area contributed by atoms with Crippen molar-refractivity contribution in [3.8, 4) is 0 Å². The fraction of sp³-hybridized carbons (Fsp3) is 0. The molecule has 0 atom stereocenters. The van der Waals surface area contributed by atoms with Crippen molar-refractivity contribution in [1.29, 1.82) is 0 Å². The van der Waals surface area contributed by atoms with Crippen LogP contribution in [0.15, 0.2) is 0 Å². The summed E-state index contributed by atoms with van der Waals surface area (Å²) in [6.45, 7) is 0. The third-order valence-electron chi connectivity index (χ3n) is 0. The average molecular weight is 550 g/mol. The van der Waals surface area contributed by atoms with E-state index in [1.54, 1.807) is 0 Å². The molecule has 0 spiro atoms. The topological polar surface area (TPSA) is 28.5 Å². The summed E-state index contributed by atoms with van der Waals surface area (Å²) >= 11 is 0. The Balaban J connectivity index is 0. The Hall–Kier alpha value is 3.48. The molecule has 13 radical (unpaired) electrons. The van der Waals surface area contributed by atoms with Crippen LogP contribution in [-0.4, -0.2) is 88.6 Å². The van der Waals surface area contributed by atoms with Gasteiger partial charge in [0.05, 0.1) is 0 Å². The van der Waals surface area contributed by atoms with E-state index in [1.807, 2.05) is 0 Å². The molecule has 0 saturated heterocycles. The summed E-state index contributed by atoms with van der Waals surface area (Å²) in [5, 5.41) is 0. The van der Waals surface area contributed by atoms with Crippen LogP contribution in [0.2, 0.25) is 0 Å². The normalized spacial score (nSPS) is 0. The monoisotopic (exact) mass is 551 g/mol. The molecule has 0 aliphatic carbocycles. The number of hydrogen-bond acceptors (Lipinski definition) is 0. The Bertz CT molecular complexity index is 15.5. The van der Waals surface area contributed by atoms with Crippen LogP contribution < -0.4 is 0 Å². The summed E-state index contributed by atoms with van der Waals surface area (Å²) in [5.74, 6) is 0. The second-order valence-electron chi connectivity index (χ2n) is 0. The van der Waals surface area contributed by atoms with Gasteiger partial charge in [0, 0.05) is 80.8 Å². The first-order chi connectivity index (χ1) is 0. The van der Waals surface area contributed by atoms with E-state index in [-0.39, 0.29) is 114 Å². The van der Waals surface area contributed by atoms with Crippen LogP contribution in [0.5, 0.6) is 0 Å². The maximum absolute atomic E-state index is 0. The summed E-state index contributed by atoms with van der Waals surface area (Å²) in [4.78, 5) is 0. The van der Waals surface area contributed by atoms with Gasteiger partial charge in [-0.2, -0.15) is 0 Å². The molecule has 6 heavy (non-hydrogen) atoms. The van der Waals surface area contributed by atoms with Crippen molar-refractivity contribution >= 4 is 88.6 Å². The van der Waals surface area contributed by atoms with Gasteiger partial charge in [-0.1, -0.05) is 0 Å². The van der Waals surface area contributed by atoms with E-state index in [0.717, 1.165) is 0 Å². The standard InChI is InChI=1S/Ga.Ge.O.Pb.Sn.Zn/q;;-2;+2;;. The van der Waals surface area contributed by atoms with Crippen LogP contribution in [0.4, 0.5) is 0 Å². The van der Waals surface area contributed by atoms with Crippen molar-refractivity contribution < 1.29 is 25.0 Å². The first kappa shape index (κ1) is 56.2. The summed E-state index contributed by atoms with van der Waals surface area (Å²) in [5.41, 5.74) is 0. The molecule has 0 aliphatic heterocycles. The molecule has 0 aliphatic rings. The minimum Gasteiger partial charge on any atom is -2.00 e. The molecule has 0 unspecified atom stereocenters. The molecular weight excluding hydrogens is 550 g/mol. The Morgan fingerprint density at radius 1 is 1.00 bits per heavy atom. The number of rotatable bonds is 0. The summed E-state index contributed by atoms with van der Waals surface area (Å²) in [6.07, 6.45) is 0. The maximum atomic E-state index is 0. The zero-order chi connectivity index (χ0) is 0. The average Bonchev–Trinajstić information content (AvgIpc) is 0. The summed E-state index contributed by atoms with van der Waals surface area (Å²) in [7, 11) is 0. The molecular formula is GaGeOPbSnZn. The Kier molecular flexibility index (Phi) is 367. The molecule has 0 amide bonds. The van der Waals surface area contributed by atoms with Crippen LogP contribution in [0, 0.1) is 0 Å². The molecule has 1 nitrogen and oxygen atoms in total. The van der Waals surface area contributed by atoms with Crippen LogP contribution >= 0.6 is 0 Å². The fourth-order valence-electron chi connectivity index (χ4n) is 0. The smallest absolute Gasteiger partial charge is 2.00 e. The van der Waals surface area contributed by atoms with Crippen molar-refractivity contribution in [2.45, 2.75) is 0 Å². The third kappa shape index (κ3) is 25.9. The van der Waals surface area contributed by atoms with E-state index in [9.17, 15) is 0 Å². The van der Waals surface area contributed by atoms with Gasteiger partial charge in [0.1, 0.15) is 0 Å². The van der Waals surface area contributed by atoms with Gasteiger partial charge in [0.2, 0.25) is 0 Å². The van der Waals surface area contributed by atoms with E-state index >= 15 is 0 Å². The van der Waals surface area contributed by atoms with Crippen LogP contribution in [0.3, 0.4) is 0 Å². The van der Waals surface area contributed by atoms with Crippen LogP contribution in [-0.2, 0) is 25.0 Å². The van der Waals surface area contributed by atoms with Crippen molar-refractivity contribution in [1.82, 2.24) is 0 Å². The molecule has 0 saturated carbocycles. The second kappa shape index (κ2) is 39.2. The van der Waals surface area contributed by atoms with Crippen LogP contribution in [0.1, 0.15) is 0 Å². The zero-order valence-corrected chi connectivity index (χ0v) is 17.4. The fourth-order valence-corrected chi connectivity index (χ4v) is 0. The van der Waals surface area contributed by atoms with Gasteiger partial charge >= 0.3 is 27.3 Å². The van der Waals surface area contributed by atoms with Gasteiger partial charge in [-0.15, -0.1) is 0 Å². The first-order valence-electron chi connectivity index (χ1n) is 0. The molecule has 0 aromatic heterocycles. The first-order valence-corrected chi connectivity index (χ1v) is 0. The molecule has 0 heterocycles. The molecule has 0 aromatic carbocycles. The van der Waals surface area contributed by atoms with Crippen LogP contribution in [0.25, 0.3) is 0 Å². The van der Waals surface area contributed by atoms with Gasteiger partial charge in [-0.3, -0.25) is 0 Å². The summed E-state index contributed by atoms with van der Waals surface area (Å²) in [6, 6.07) is 0. The predicted molar refractivity (Wildman–Crippen MR) is 23.7 cm³/mol. The minimum atomic E-state index is 0. The third-order valence-corrected chi connectivity index (χ3v) is 0. The van der Waals surface area contributed by atoms with Gasteiger partial charge in [0.25, 0.3) is 0 Å². The second-order valence-corrected chi connectivity index (χ2v) is 0. The Morgan fingerprint density at radius 2 is 1.00 bits per heavy atom. The zero-order valence-electron chi connectivity index (χ0n) is 3.19. The Morgan fingerprint density at radius 3 is 1.00 bits per heavy atom. The molecule has 0 fully saturated rings. The van der Waals surface area contributed by atoms with E-state index in [1.165, 1.54) is 0 Å². The molecule has 0 aromatic rings.